The lowest BCUT2D eigenvalue weighted by Gasteiger charge is -2.46. The molecule has 1 aliphatic rings. The van der Waals surface area contributed by atoms with Crippen LogP contribution in [0.2, 0.25) is 0 Å². The molecule has 0 radical (unpaired) electrons. The summed E-state index contributed by atoms with van der Waals surface area (Å²) in [4.78, 5) is 10.5. The maximum absolute atomic E-state index is 11.0. The Balaban J connectivity index is 2.30. The van der Waals surface area contributed by atoms with Crippen molar-refractivity contribution >= 4 is 5.69 Å². The van der Waals surface area contributed by atoms with Crippen LogP contribution in [0.3, 0.4) is 0 Å². The number of hydrogen-bond acceptors (Lipinski definition) is 11. The second kappa shape index (κ2) is 15.2. The van der Waals surface area contributed by atoms with Crippen molar-refractivity contribution in [3.63, 3.8) is 0 Å². The zero-order chi connectivity index (χ0) is 24.1. The van der Waals surface area contributed by atoms with Gasteiger partial charge in [0, 0.05) is 47.0 Å². The van der Waals surface area contributed by atoms with E-state index in [0.717, 1.165) is 5.56 Å². The van der Waals surface area contributed by atoms with E-state index in [1.54, 1.807) is 12.1 Å². The Morgan fingerprint density at radius 2 is 1.30 bits per heavy atom. The molecule has 0 aliphatic carbocycles. The fraction of sp³-hybridized carbons (Fsp3) is 0.714. The van der Waals surface area contributed by atoms with Gasteiger partial charge >= 0.3 is 0 Å². The van der Waals surface area contributed by atoms with Crippen LogP contribution >= 0.6 is 0 Å². The number of hydrogen-bond donors (Lipinski definition) is 0. The molecule has 12 nitrogen and oxygen atoms in total. The van der Waals surface area contributed by atoms with Crippen LogP contribution in [0, 0.1) is 10.1 Å². The van der Waals surface area contributed by atoms with Crippen molar-refractivity contribution in [2.75, 3.05) is 62.2 Å². The van der Waals surface area contributed by atoms with Crippen molar-refractivity contribution in [3.05, 3.63) is 39.9 Å². The molecule has 0 unspecified atom stereocenters. The predicted octanol–water partition coefficient (Wildman–Crippen LogP) is 1.49. The Kier molecular flexibility index (Phi) is 12.7. The zero-order valence-corrected chi connectivity index (χ0v) is 19.4. The van der Waals surface area contributed by atoms with Crippen molar-refractivity contribution in [2.24, 2.45) is 0 Å². The highest BCUT2D eigenvalue weighted by Crippen LogP contribution is 2.31. The Labute approximate surface area is 193 Å². The van der Waals surface area contributed by atoms with E-state index in [1.807, 2.05) is 0 Å². The number of nitro groups is 1. The van der Waals surface area contributed by atoms with Gasteiger partial charge in [0.1, 0.15) is 51.6 Å². The summed E-state index contributed by atoms with van der Waals surface area (Å²) in [6.45, 7) is 0.255. The minimum Gasteiger partial charge on any atom is -0.367 e. The van der Waals surface area contributed by atoms with E-state index in [9.17, 15) is 10.1 Å². The molecule has 1 saturated heterocycles. The Morgan fingerprint density at radius 1 is 0.788 bits per heavy atom. The van der Waals surface area contributed by atoms with Crippen LogP contribution in [0.1, 0.15) is 5.56 Å². The predicted molar refractivity (Wildman–Crippen MR) is 114 cm³/mol. The minimum absolute atomic E-state index is 0.000249. The molecule has 0 spiro atoms. The third kappa shape index (κ3) is 8.52. The topological polar surface area (TPSA) is 126 Å². The summed E-state index contributed by atoms with van der Waals surface area (Å²) < 4.78 is 50.0. The summed E-state index contributed by atoms with van der Waals surface area (Å²) in [6.07, 6.45) is -2.45. The average molecular weight is 475 g/mol. The smallest absolute Gasteiger partial charge is 0.269 e. The molecule has 188 valence electrons. The normalized spacial score (nSPS) is 25.3. The average Bonchev–Trinajstić information content (AvgIpc) is 2.81. The van der Waals surface area contributed by atoms with Gasteiger partial charge in [0.15, 0.2) is 0 Å². The number of rotatable bonds is 16. The van der Waals surface area contributed by atoms with Crippen molar-refractivity contribution in [3.8, 4) is 0 Å². The molecule has 5 atom stereocenters. The van der Waals surface area contributed by atoms with Crippen molar-refractivity contribution in [1.82, 2.24) is 0 Å². The highest BCUT2D eigenvalue weighted by atomic mass is 16.7. The molecule has 33 heavy (non-hydrogen) atoms. The Bertz CT molecular complexity index is 675. The van der Waals surface area contributed by atoms with Crippen LogP contribution in [-0.4, -0.2) is 97.7 Å². The molecule has 0 bridgehead atoms. The number of non-ortho nitro benzene ring substituents is 1. The van der Waals surface area contributed by atoms with Gasteiger partial charge in [-0.05, 0) is 5.56 Å². The van der Waals surface area contributed by atoms with Crippen molar-refractivity contribution in [1.29, 1.82) is 0 Å². The van der Waals surface area contributed by atoms with Crippen LogP contribution in [0.5, 0.6) is 0 Å². The van der Waals surface area contributed by atoms with Crippen molar-refractivity contribution in [2.45, 2.75) is 36.9 Å². The molecule has 12 heteroatoms. The fourth-order valence-electron chi connectivity index (χ4n) is 3.56. The molecule has 1 aromatic carbocycles. The van der Waals surface area contributed by atoms with Gasteiger partial charge in [-0.1, -0.05) is 12.1 Å². The number of ether oxygens (including phenoxy) is 9. The second-order valence-electron chi connectivity index (χ2n) is 7.23. The summed E-state index contributed by atoms with van der Waals surface area (Å²) in [6, 6.07) is 6.27. The lowest BCUT2D eigenvalue weighted by Crippen LogP contribution is -2.62. The molecule has 1 aromatic rings. The van der Waals surface area contributed by atoms with Gasteiger partial charge in [0.2, 0.25) is 0 Å². The highest BCUT2D eigenvalue weighted by Gasteiger charge is 2.48. The lowest BCUT2D eigenvalue weighted by molar-refractivity contribution is -0.384. The van der Waals surface area contributed by atoms with E-state index in [4.69, 9.17) is 42.6 Å². The SMILES string of the molecule is COCOC[C@H]1O[C@@H](Cc2ccc([N+](=O)[O-])cc2)[C@H](OCOC)[C@@H](OCOC)[C@@H]1OCOC. The zero-order valence-electron chi connectivity index (χ0n) is 19.4. The van der Waals surface area contributed by atoms with Gasteiger partial charge in [-0.3, -0.25) is 10.1 Å². The number of methoxy groups -OCH3 is 4. The first-order chi connectivity index (χ1) is 16.0. The maximum Gasteiger partial charge on any atom is 0.269 e. The standard InChI is InChI=1S/C21H33NO11/c1-25-11-29-10-18-20(31-13-27-3)21(32-14-28-4)19(30-12-26-2)17(33-18)9-15-5-7-16(8-6-15)22(23)24/h5-8,17-21H,9-14H2,1-4H3/t17-,18+,19-,20+,21+/m0/s1. The molecular weight excluding hydrogens is 442 g/mol. The molecule has 0 aromatic heterocycles. The van der Waals surface area contributed by atoms with Crippen molar-refractivity contribution < 1.29 is 47.6 Å². The summed E-state index contributed by atoms with van der Waals surface area (Å²) in [7, 11) is 6.07. The number of benzene rings is 1. The number of nitro benzene ring substituents is 1. The van der Waals surface area contributed by atoms with E-state index in [0.29, 0.717) is 6.42 Å². The fourth-order valence-corrected chi connectivity index (χ4v) is 3.56. The monoisotopic (exact) mass is 475 g/mol. The van der Waals surface area contributed by atoms with E-state index >= 15 is 0 Å². The minimum atomic E-state index is -0.608. The molecule has 1 heterocycles. The van der Waals surface area contributed by atoms with E-state index in [-0.39, 0.29) is 39.5 Å². The molecular formula is C21H33NO11. The van der Waals surface area contributed by atoms with Gasteiger partial charge in [0.25, 0.3) is 5.69 Å². The second-order valence-corrected chi connectivity index (χ2v) is 7.23. The van der Waals surface area contributed by atoms with Gasteiger partial charge in [-0.2, -0.15) is 0 Å². The lowest BCUT2D eigenvalue weighted by atomic mass is 9.91. The molecule has 1 fully saturated rings. The van der Waals surface area contributed by atoms with Crippen LogP contribution in [0.4, 0.5) is 5.69 Å². The first-order valence-electron chi connectivity index (χ1n) is 10.3. The molecule has 0 N–H and O–H groups in total. The van der Waals surface area contributed by atoms with Gasteiger partial charge in [-0.25, -0.2) is 0 Å². The molecule has 2 rings (SSSR count). The molecule has 0 amide bonds. The van der Waals surface area contributed by atoms with Gasteiger partial charge in [-0.15, -0.1) is 0 Å². The van der Waals surface area contributed by atoms with Crippen LogP contribution in [-0.2, 0) is 49.1 Å². The van der Waals surface area contributed by atoms with E-state index < -0.39 is 35.4 Å². The third-order valence-corrected chi connectivity index (χ3v) is 4.93. The summed E-state index contributed by atoms with van der Waals surface area (Å²) in [5.41, 5.74) is 0.839. The van der Waals surface area contributed by atoms with Crippen LogP contribution in [0.15, 0.2) is 24.3 Å². The first kappa shape index (κ1) is 27.5. The Hall–Kier alpha value is -1.74. The van der Waals surface area contributed by atoms with Gasteiger partial charge < -0.3 is 42.6 Å². The largest absolute Gasteiger partial charge is 0.367 e. The quantitative estimate of drug-likeness (QED) is 0.149. The first-order valence-corrected chi connectivity index (χ1v) is 10.3. The molecule has 1 aliphatic heterocycles. The maximum atomic E-state index is 11.0. The van der Waals surface area contributed by atoms with Gasteiger partial charge in [0.05, 0.1) is 17.6 Å². The van der Waals surface area contributed by atoms with E-state index in [1.165, 1.54) is 40.6 Å². The summed E-state index contributed by atoms with van der Waals surface area (Å²) in [5, 5.41) is 11.0. The van der Waals surface area contributed by atoms with Crippen LogP contribution in [0.25, 0.3) is 0 Å². The Morgan fingerprint density at radius 3 is 1.82 bits per heavy atom. The number of nitrogens with zero attached hydrogens (tertiary/aromatic N) is 1. The highest BCUT2D eigenvalue weighted by molar-refractivity contribution is 5.33. The molecule has 0 saturated carbocycles. The summed E-state index contributed by atoms with van der Waals surface area (Å²) >= 11 is 0. The third-order valence-electron chi connectivity index (χ3n) is 4.93. The van der Waals surface area contributed by atoms with E-state index in [2.05, 4.69) is 0 Å². The van der Waals surface area contributed by atoms with Crippen LogP contribution < -0.4 is 0 Å². The summed E-state index contributed by atoms with van der Waals surface area (Å²) in [5.74, 6) is 0.